The molecule has 0 saturated carbocycles. The minimum Gasteiger partial charge on any atom is -0.456 e. The van der Waals surface area contributed by atoms with Crippen molar-refractivity contribution in [2.24, 2.45) is 0 Å². The van der Waals surface area contributed by atoms with E-state index in [9.17, 15) is 0 Å². The van der Waals surface area contributed by atoms with Crippen LogP contribution in [0.5, 0.6) is 0 Å². The Bertz CT molecular complexity index is 3530. The Hall–Kier alpha value is -7.83. The van der Waals surface area contributed by atoms with Gasteiger partial charge in [-0.1, -0.05) is 127 Å². The maximum Gasteiger partial charge on any atom is 0.166 e. The standard InChI is InChI=1S/C51H30N4O2/c1-3-14-31(15-4-1)34-21-13-25-43-46(34)38-27-26-33(30-45(38)57-43)50-52-49(32-16-5-2-6-17-32)53-51(54-50)36-19-8-11-23-40(36)55-39-22-10-7-18-35(39)47-41(55)28-29-44-48(47)37-20-9-12-24-42(37)56-44/h1-30H. The van der Waals surface area contributed by atoms with Crippen molar-refractivity contribution in [2.75, 3.05) is 0 Å². The number of hydrogen-bond donors (Lipinski definition) is 0. The van der Waals surface area contributed by atoms with Gasteiger partial charge >= 0.3 is 0 Å². The van der Waals surface area contributed by atoms with Crippen molar-refractivity contribution in [3.05, 3.63) is 182 Å². The quantitative estimate of drug-likeness (QED) is 0.176. The normalized spacial score (nSPS) is 11.9. The van der Waals surface area contributed by atoms with Crippen molar-refractivity contribution in [1.29, 1.82) is 0 Å². The van der Waals surface area contributed by atoms with Gasteiger partial charge in [0.15, 0.2) is 17.5 Å². The molecule has 4 aromatic heterocycles. The lowest BCUT2D eigenvalue weighted by atomic mass is 9.99. The van der Waals surface area contributed by atoms with Crippen LogP contribution >= 0.6 is 0 Å². The van der Waals surface area contributed by atoms with E-state index in [1.165, 1.54) is 0 Å². The second kappa shape index (κ2) is 12.3. The van der Waals surface area contributed by atoms with Gasteiger partial charge in [-0.05, 0) is 65.7 Å². The average molecular weight is 731 g/mol. The number of fused-ring (bicyclic) bond motifs is 10. The first kappa shape index (κ1) is 31.5. The fraction of sp³-hybridized carbons (Fsp3) is 0. The van der Waals surface area contributed by atoms with Crippen LogP contribution in [0.25, 0.3) is 117 Å². The third-order valence-electron chi connectivity index (χ3n) is 11.1. The second-order valence-corrected chi connectivity index (χ2v) is 14.3. The predicted molar refractivity (Wildman–Crippen MR) is 230 cm³/mol. The summed E-state index contributed by atoms with van der Waals surface area (Å²) in [5, 5.41) is 6.64. The van der Waals surface area contributed by atoms with Gasteiger partial charge in [-0.25, -0.2) is 15.0 Å². The Kier molecular flexibility index (Phi) is 6.83. The summed E-state index contributed by atoms with van der Waals surface area (Å²) in [6, 6.07) is 62.5. The van der Waals surface area contributed by atoms with E-state index in [0.717, 1.165) is 99.2 Å². The van der Waals surface area contributed by atoms with Crippen LogP contribution in [0.15, 0.2) is 191 Å². The van der Waals surface area contributed by atoms with Gasteiger partial charge in [0.05, 0.1) is 16.7 Å². The molecule has 6 nitrogen and oxygen atoms in total. The topological polar surface area (TPSA) is 69.9 Å². The minimum absolute atomic E-state index is 0.563. The molecule has 4 heterocycles. The molecular weight excluding hydrogens is 701 g/mol. The molecule has 0 fully saturated rings. The fourth-order valence-electron chi connectivity index (χ4n) is 8.56. The van der Waals surface area contributed by atoms with Gasteiger partial charge in [-0.3, -0.25) is 0 Å². The molecule has 0 atom stereocenters. The van der Waals surface area contributed by atoms with Crippen molar-refractivity contribution in [2.45, 2.75) is 0 Å². The van der Waals surface area contributed by atoms with E-state index in [-0.39, 0.29) is 0 Å². The number of hydrogen-bond acceptors (Lipinski definition) is 5. The molecule has 12 rings (SSSR count). The van der Waals surface area contributed by atoms with Gasteiger partial charge < -0.3 is 13.4 Å². The van der Waals surface area contributed by atoms with E-state index in [4.69, 9.17) is 23.8 Å². The van der Waals surface area contributed by atoms with Crippen LogP contribution in [0.2, 0.25) is 0 Å². The second-order valence-electron chi connectivity index (χ2n) is 14.3. The summed E-state index contributed by atoms with van der Waals surface area (Å²) in [6.07, 6.45) is 0. The lowest BCUT2D eigenvalue weighted by molar-refractivity contribution is 0.668. The molecule has 0 saturated heterocycles. The summed E-state index contributed by atoms with van der Waals surface area (Å²) < 4.78 is 15.2. The third kappa shape index (κ3) is 4.87. The highest BCUT2D eigenvalue weighted by Crippen LogP contribution is 2.43. The molecule has 57 heavy (non-hydrogen) atoms. The van der Waals surface area contributed by atoms with Gasteiger partial charge in [-0.2, -0.15) is 0 Å². The lowest BCUT2D eigenvalue weighted by Crippen LogP contribution is -2.03. The number of para-hydroxylation sites is 3. The van der Waals surface area contributed by atoms with E-state index >= 15 is 0 Å². The SMILES string of the molecule is c1ccc(-c2nc(-c3ccc4c(c3)oc3cccc(-c5ccccc5)c34)nc(-c3ccccc3-n3c4ccccc4c4c5c(ccc43)oc3ccccc35)n2)cc1. The Balaban J connectivity index is 1.08. The summed E-state index contributed by atoms with van der Waals surface area (Å²) in [4.78, 5) is 15.5. The first-order chi connectivity index (χ1) is 28.3. The molecule has 12 aromatic rings. The Labute approximate surface area is 325 Å². The summed E-state index contributed by atoms with van der Waals surface area (Å²) in [6.45, 7) is 0. The molecule has 6 heteroatoms. The van der Waals surface area contributed by atoms with E-state index in [2.05, 4.69) is 120 Å². The van der Waals surface area contributed by atoms with E-state index in [1.807, 2.05) is 66.7 Å². The van der Waals surface area contributed by atoms with Gasteiger partial charge in [0, 0.05) is 49.0 Å². The highest BCUT2D eigenvalue weighted by Gasteiger charge is 2.22. The van der Waals surface area contributed by atoms with Crippen LogP contribution < -0.4 is 0 Å². The Morgan fingerprint density at radius 2 is 0.947 bits per heavy atom. The summed E-state index contributed by atoms with van der Waals surface area (Å²) >= 11 is 0. The Morgan fingerprint density at radius 1 is 0.333 bits per heavy atom. The van der Waals surface area contributed by atoms with Crippen molar-refractivity contribution in [3.63, 3.8) is 0 Å². The first-order valence-corrected chi connectivity index (χ1v) is 19.0. The zero-order chi connectivity index (χ0) is 37.5. The van der Waals surface area contributed by atoms with Crippen molar-refractivity contribution in [1.82, 2.24) is 19.5 Å². The highest BCUT2D eigenvalue weighted by atomic mass is 16.3. The lowest BCUT2D eigenvalue weighted by Gasteiger charge is -2.14. The summed E-state index contributed by atoms with van der Waals surface area (Å²) in [5.74, 6) is 1.73. The smallest absolute Gasteiger partial charge is 0.166 e. The van der Waals surface area contributed by atoms with Gasteiger partial charge in [0.25, 0.3) is 0 Å². The number of benzene rings is 8. The largest absolute Gasteiger partial charge is 0.456 e. The third-order valence-corrected chi connectivity index (χ3v) is 11.1. The number of nitrogens with zero attached hydrogens (tertiary/aromatic N) is 4. The van der Waals surface area contributed by atoms with Crippen molar-refractivity contribution in [3.8, 4) is 51.0 Å². The molecule has 0 aliphatic carbocycles. The van der Waals surface area contributed by atoms with Crippen LogP contribution in [0.4, 0.5) is 0 Å². The molecule has 0 aliphatic heterocycles. The van der Waals surface area contributed by atoms with Crippen molar-refractivity contribution >= 4 is 65.7 Å². The molecule has 0 spiro atoms. The maximum absolute atomic E-state index is 6.53. The molecule has 0 radical (unpaired) electrons. The van der Waals surface area contributed by atoms with Crippen LogP contribution in [0.1, 0.15) is 0 Å². The average Bonchev–Trinajstić information content (AvgIpc) is 3.96. The zero-order valence-electron chi connectivity index (χ0n) is 30.4. The van der Waals surface area contributed by atoms with Crippen molar-refractivity contribution < 1.29 is 8.83 Å². The molecule has 0 amide bonds. The number of aromatic nitrogens is 4. The summed E-state index contributed by atoms with van der Waals surface area (Å²) in [5.41, 5.74) is 11.4. The molecule has 0 bridgehead atoms. The molecule has 0 N–H and O–H groups in total. The molecule has 266 valence electrons. The number of rotatable bonds is 5. The molecule has 0 unspecified atom stereocenters. The maximum atomic E-state index is 6.53. The van der Waals surface area contributed by atoms with Gasteiger partial charge in [0.1, 0.15) is 22.3 Å². The highest BCUT2D eigenvalue weighted by molar-refractivity contribution is 6.27. The predicted octanol–water partition coefficient (Wildman–Crippen LogP) is 13.4. The van der Waals surface area contributed by atoms with E-state index in [0.29, 0.717) is 17.5 Å². The summed E-state index contributed by atoms with van der Waals surface area (Å²) in [7, 11) is 0. The van der Waals surface area contributed by atoms with E-state index in [1.54, 1.807) is 0 Å². The zero-order valence-corrected chi connectivity index (χ0v) is 30.4. The van der Waals surface area contributed by atoms with Crippen LogP contribution in [-0.4, -0.2) is 19.5 Å². The van der Waals surface area contributed by atoms with Crippen LogP contribution in [0, 0.1) is 0 Å². The van der Waals surface area contributed by atoms with Crippen LogP contribution in [0.3, 0.4) is 0 Å². The first-order valence-electron chi connectivity index (χ1n) is 19.0. The van der Waals surface area contributed by atoms with Gasteiger partial charge in [0.2, 0.25) is 0 Å². The van der Waals surface area contributed by atoms with E-state index < -0.39 is 0 Å². The molecule has 8 aromatic carbocycles. The van der Waals surface area contributed by atoms with Crippen LogP contribution in [-0.2, 0) is 0 Å². The molecule has 0 aliphatic rings. The number of furan rings is 2. The van der Waals surface area contributed by atoms with Gasteiger partial charge in [-0.15, -0.1) is 0 Å². The monoisotopic (exact) mass is 730 g/mol. The Morgan fingerprint density at radius 3 is 1.81 bits per heavy atom. The fourth-order valence-corrected chi connectivity index (χ4v) is 8.56. The minimum atomic E-state index is 0.563. The molecular formula is C51H30N4O2.